The molecular formula is C13H17BrN6S. The summed E-state index contributed by atoms with van der Waals surface area (Å²) in [4.78, 5) is 16.2. The molecule has 1 aromatic carbocycles. The van der Waals surface area contributed by atoms with Crippen LogP contribution in [0.3, 0.4) is 0 Å². The zero-order chi connectivity index (χ0) is 15.2. The van der Waals surface area contributed by atoms with E-state index in [-0.39, 0.29) is 0 Å². The molecule has 0 spiro atoms. The van der Waals surface area contributed by atoms with E-state index in [4.69, 9.17) is 5.84 Å². The van der Waals surface area contributed by atoms with Crippen molar-refractivity contribution in [3.8, 4) is 0 Å². The van der Waals surface area contributed by atoms with Crippen LogP contribution < -0.4 is 16.2 Å². The number of aromatic nitrogens is 3. The Morgan fingerprint density at radius 1 is 1.14 bits per heavy atom. The van der Waals surface area contributed by atoms with Crippen molar-refractivity contribution < 1.29 is 0 Å². The Morgan fingerprint density at radius 2 is 1.81 bits per heavy atom. The quantitative estimate of drug-likeness (QED) is 0.599. The molecular weight excluding hydrogens is 352 g/mol. The van der Waals surface area contributed by atoms with Gasteiger partial charge in [-0.05, 0) is 49.9 Å². The number of rotatable bonds is 6. The minimum absolute atomic E-state index is 0.367. The highest BCUT2D eigenvalue weighted by Gasteiger charge is 2.11. The molecule has 6 nitrogen and oxygen atoms in total. The number of anilines is 2. The molecule has 0 radical (unpaired) electrons. The molecule has 0 saturated heterocycles. The van der Waals surface area contributed by atoms with Gasteiger partial charge in [-0.25, -0.2) is 5.84 Å². The van der Waals surface area contributed by atoms with Crippen LogP contribution in [0.25, 0.3) is 0 Å². The van der Waals surface area contributed by atoms with Gasteiger partial charge in [0.1, 0.15) is 0 Å². The molecule has 0 unspecified atom stereocenters. The van der Waals surface area contributed by atoms with Crippen LogP contribution in [0.4, 0.5) is 11.9 Å². The monoisotopic (exact) mass is 368 g/mol. The maximum atomic E-state index is 5.45. The molecule has 0 amide bonds. The number of benzene rings is 1. The third-order valence-corrected chi connectivity index (χ3v) is 4.20. The van der Waals surface area contributed by atoms with E-state index >= 15 is 0 Å². The van der Waals surface area contributed by atoms with Crippen LogP contribution >= 0.6 is 27.7 Å². The normalized spacial score (nSPS) is 10.5. The molecule has 0 atom stereocenters. The smallest absolute Gasteiger partial charge is 0.242 e. The summed E-state index contributed by atoms with van der Waals surface area (Å²) >= 11 is 4.89. The SMILES string of the molecule is CCN(CC)c1nc(NN)nc(Sc2ccc(Br)cc2)n1. The maximum Gasteiger partial charge on any atom is 0.242 e. The van der Waals surface area contributed by atoms with E-state index < -0.39 is 0 Å². The summed E-state index contributed by atoms with van der Waals surface area (Å²) in [5, 5.41) is 0.613. The second-order valence-electron chi connectivity index (χ2n) is 4.11. The molecule has 112 valence electrons. The van der Waals surface area contributed by atoms with Crippen molar-refractivity contribution in [3.05, 3.63) is 28.7 Å². The van der Waals surface area contributed by atoms with E-state index in [0.29, 0.717) is 17.1 Å². The number of nitrogens with one attached hydrogen (secondary N) is 1. The van der Waals surface area contributed by atoms with Crippen LogP contribution in [-0.2, 0) is 0 Å². The van der Waals surface area contributed by atoms with Crippen LogP contribution in [0.15, 0.2) is 38.8 Å². The second kappa shape index (κ2) is 7.58. The number of nitrogens with zero attached hydrogens (tertiary/aromatic N) is 4. The lowest BCUT2D eigenvalue weighted by Gasteiger charge is -2.19. The fourth-order valence-corrected chi connectivity index (χ4v) is 2.72. The van der Waals surface area contributed by atoms with Gasteiger partial charge in [-0.2, -0.15) is 15.0 Å². The Balaban J connectivity index is 2.29. The Bertz CT molecular complexity index is 588. The highest BCUT2D eigenvalue weighted by Crippen LogP contribution is 2.27. The fourth-order valence-electron chi connectivity index (χ4n) is 1.71. The first-order chi connectivity index (χ1) is 10.2. The molecule has 0 aliphatic rings. The van der Waals surface area contributed by atoms with Gasteiger partial charge in [0.05, 0.1) is 0 Å². The molecule has 2 aromatic rings. The van der Waals surface area contributed by atoms with Crippen molar-refractivity contribution in [2.24, 2.45) is 5.84 Å². The number of hydrogen-bond donors (Lipinski definition) is 2. The topological polar surface area (TPSA) is 80.0 Å². The number of halogens is 1. The Kier molecular flexibility index (Phi) is 5.77. The van der Waals surface area contributed by atoms with Crippen LogP contribution in [0.5, 0.6) is 0 Å². The van der Waals surface area contributed by atoms with Crippen molar-refractivity contribution in [3.63, 3.8) is 0 Å². The average molecular weight is 369 g/mol. The summed E-state index contributed by atoms with van der Waals surface area (Å²) in [6.45, 7) is 5.77. The largest absolute Gasteiger partial charge is 0.341 e. The first-order valence-corrected chi connectivity index (χ1v) is 8.18. The summed E-state index contributed by atoms with van der Waals surface area (Å²) in [6, 6.07) is 7.98. The number of hydrogen-bond acceptors (Lipinski definition) is 7. The molecule has 0 saturated carbocycles. The molecule has 0 aliphatic heterocycles. The molecule has 0 fully saturated rings. The zero-order valence-corrected chi connectivity index (χ0v) is 14.3. The molecule has 21 heavy (non-hydrogen) atoms. The molecule has 0 aliphatic carbocycles. The maximum absolute atomic E-state index is 5.45. The molecule has 1 heterocycles. The van der Waals surface area contributed by atoms with Crippen LogP contribution in [0.1, 0.15) is 13.8 Å². The van der Waals surface area contributed by atoms with Gasteiger partial charge in [0.15, 0.2) is 5.16 Å². The van der Waals surface area contributed by atoms with Crippen LogP contribution in [0, 0.1) is 0 Å². The minimum atomic E-state index is 0.367. The van der Waals surface area contributed by atoms with Gasteiger partial charge in [-0.1, -0.05) is 15.9 Å². The second-order valence-corrected chi connectivity index (χ2v) is 6.07. The van der Waals surface area contributed by atoms with Crippen molar-refractivity contribution in [1.29, 1.82) is 0 Å². The minimum Gasteiger partial charge on any atom is -0.341 e. The van der Waals surface area contributed by atoms with Crippen LogP contribution in [0.2, 0.25) is 0 Å². The zero-order valence-electron chi connectivity index (χ0n) is 11.9. The number of hydrazine groups is 1. The van der Waals surface area contributed by atoms with Crippen molar-refractivity contribution >= 4 is 39.6 Å². The van der Waals surface area contributed by atoms with E-state index in [9.17, 15) is 0 Å². The standard InChI is InChI=1S/C13H17BrN6S/c1-3-20(4-2)12-16-11(19-15)17-13(18-12)21-10-7-5-9(14)6-8-10/h5-8H,3-4,15H2,1-2H3,(H,16,17,18,19). The molecule has 1 aromatic heterocycles. The fraction of sp³-hybridized carbons (Fsp3) is 0.308. The van der Waals surface area contributed by atoms with Crippen molar-refractivity contribution in [2.75, 3.05) is 23.4 Å². The summed E-state index contributed by atoms with van der Waals surface area (Å²) in [5.74, 6) is 6.44. The van der Waals surface area contributed by atoms with Gasteiger partial charge in [0, 0.05) is 22.5 Å². The Morgan fingerprint density at radius 3 is 2.38 bits per heavy atom. The van der Waals surface area contributed by atoms with E-state index in [0.717, 1.165) is 22.5 Å². The summed E-state index contributed by atoms with van der Waals surface area (Å²) < 4.78 is 1.04. The van der Waals surface area contributed by atoms with Gasteiger partial charge in [0.2, 0.25) is 11.9 Å². The Hall–Kier alpha value is -1.38. The first kappa shape index (κ1) is 16.0. The van der Waals surface area contributed by atoms with Gasteiger partial charge in [-0.15, -0.1) is 0 Å². The summed E-state index contributed by atoms with van der Waals surface area (Å²) in [6.07, 6.45) is 0. The lowest BCUT2D eigenvalue weighted by atomic mass is 10.4. The van der Waals surface area contributed by atoms with Gasteiger partial charge >= 0.3 is 0 Å². The lowest BCUT2D eigenvalue weighted by molar-refractivity contribution is 0.783. The highest BCUT2D eigenvalue weighted by atomic mass is 79.9. The van der Waals surface area contributed by atoms with E-state index in [2.05, 4.69) is 50.2 Å². The van der Waals surface area contributed by atoms with Crippen molar-refractivity contribution in [1.82, 2.24) is 15.0 Å². The first-order valence-electron chi connectivity index (χ1n) is 6.57. The van der Waals surface area contributed by atoms with Gasteiger partial charge in [0.25, 0.3) is 0 Å². The summed E-state index contributed by atoms with van der Waals surface area (Å²) in [5.41, 5.74) is 2.50. The van der Waals surface area contributed by atoms with Gasteiger partial charge in [-0.3, -0.25) is 5.43 Å². The molecule has 8 heteroatoms. The average Bonchev–Trinajstić information content (AvgIpc) is 2.50. The Labute approximate surface area is 136 Å². The number of nitrogens with two attached hydrogens (primary N) is 1. The molecule has 2 rings (SSSR count). The molecule has 3 N–H and O–H groups in total. The van der Waals surface area contributed by atoms with Crippen molar-refractivity contribution in [2.45, 2.75) is 23.9 Å². The number of nitrogen functional groups attached to an aromatic ring is 1. The predicted octanol–water partition coefficient (Wildman–Crippen LogP) is 2.92. The highest BCUT2D eigenvalue weighted by molar-refractivity contribution is 9.10. The predicted molar refractivity (Wildman–Crippen MR) is 89.5 cm³/mol. The van der Waals surface area contributed by atoms with Gasteiger partial charge < -0.3 is 4.90 Å². The van der Waals surface area contributed by atoms with E-state index in [1.165, 1.54) is 11.8 Å². The lowest BCUT2D eigenvalue weighted by Crippen LogP contribution is -2.25. The van der Waals surface area contributed by atoms with E-state index in [1.54, 1.807) is 0 Å². The van der Waals surface area contributed by atoms with E-state index in [1.807, 2.05) is 29.2 Å². The summed E-state index contributed by atoms with van der Waals surface area (Å²) in [7, 11) is 0. The third-order valence-electron chi connectivity index (χ3n) is 2.80. The van der Waals surface area contributed by atoms with Crippen LogP contribution in [-0.4, -0.2) is 28.0 Å². The third kappa shape index (κ3) is 4.29. The molecule has 0 bridgehead atoms.